The highest BCUT2D eigenvalue weighted by Crippen LogP contribution is 2.29. The van der Waals surface area contributed by atoms with Gasteiger partial charge in [-0.05, 0) is 55.8 Å². The third-order valence-corrected chi connectivity index (χ3v) is 6.18. The van der Waals surface area contributed by atoms with Crippen LogP contribution in [0.25, 0.3) is 28.6 Å². The lowest BCUT2D eigenvalue weighted by molar-refractivity contribution is 0.964. The van der Waals surface area contributed by atoms with Crippen molar-refractivity contribution in [3.8, 4) is 23.0 Å². The van der Waals surface area contributed by atoms with E-state index in [1.807, 2.05) is 53.9 Å². The molecular weight excluding hydrogens is 442 g/mol. The van der Waals surface area contributed by atoms with Gasteiger partial charge in [0, 0.05) is 32.5 Å². The minimum absolute atomic E-state index is 0.577. The van der Waals surface area contributed by atoms with Crippen molar-refractivity contribution in [3.63, 3.8) is 0 Å². The van der Waals surface area contributed by atoms with Crippen molar-refractivity contribution < 1.29 is 0 Å². The van der Waals surface area contributed by atoms with Crippen molar-refractivity contribution in [1.29, 1.82) is 5.26 Å². The van der Waals surface area contributed by atoms with Gasteiger partial charge in [0.05, 0.1) is 11.3 Å². The molecule has 0 atom stereocenters. The fourth-order valence-electron chi connectivity index (χ4n) is 3.36. The van der Waals surface area contributed by atoms with Crippen LogP contribution in [0.3, 0.4) is 0 Å². The normalized spacial score (nSPS) is 11.4. The van der Waals surface area contributed by atoms with Crippen molar-refractivity contribution in [1.82, 2.24) is 9.55 Å². The highest BCUT2D eigenvalue weighted by Gasteiger charge is 2.13. The maximum Gasteiger partial charge on any atom is 0.134 e. The minimum Gasteiger partial charge on any atom is -0.318 e. The SMILES string of the molecule is Cc1cc(/C=C(/C#N)c2nc(-c3ccccc3)cs2)c(C)n1-c1ccc(Br)cc1. The van der Waals surface area contributed by atoms with Crippen LogP contribution in [0.15, 0.2) is 70.5 Å². The molecule has 4 aromatic rings. The topological polar surface area (TPSA) is 41.6 Å². The molecular formula is C24H18BrN3S. The first-order valence-electron chi connectivity index (χ1n) is 9.15. The Kier molecular flexibility index (Phi) is 5.48. The predicted octanol–water partition coefficient (Wildman–Crippen LogP) is 7.04. The standard InChI is InChI=1S/C24H18BrN3S/c1-16-12-19(17(2)28(16)22-10-8-21(25)9-11-22)13-20(14-26)24-27-23(15-29-24)18-6-4-3-5-7-18/h3-13,15H,1-2H3/b20-13-. The van der Waals surface area contributed by atoms with Crippen molar-refractivity contribution in [3.05, 3.63) is 92.5 Å². The Morgan fingerprint density at radius 1 is 1.10 bits per heavy atom. The van der Waals surface area contributed by atoms with Gasteiger partial charge in [-0.2, -0.15) is 5.26 Å². The molecule has 142 valence electrons. The van der Waals surface area contributed by atoms with Crippen molar-refractivity contribution in [2.75, 3.05) is 0 Å². The quantitative estimate of drug-likeness (QED) is 0.307. The largest absolute Gasteiger partial charge is 0.318 e. The monoisotopic (exact) mass is 459 g/mol. The van der Waals surface area contributed by atoms with Crippen LogP contribution in [0.1, 0.15) is 22.0 Å². The number of benzene rings is 2. The molecule has 0 fully saturated rings. The second kappa shape index (κ2) is 8.20. The fraction of sp³-hybridized carbons (Fsp3) is 0.0833. The highest BCUT2D eigenvalue weighted by molar-refractivity contribution is 9.10. The summed E-state index contributed by atoms with van der Waals surface area (Å²) in [6.45, 7) is 4.16. The van der Waals surface area contributed by atoms with Crippen LogP contribution in [0.4, 0.5) is 0 Å². The number of nitriles is 1. The fourth-order valence-corrected chi connectivity index (χ4v) is 4.42. The Hall–Kier alpha value is -2.94. The molecule has 0 aliphatic carbocycles. The van der Waals surface area contributed by atoms with E-state index in [0.717, 1.165) is 43.4 Å². The average Bonchev–Trinajstić information content (AvgIpc) is 3.33. The van der Waals surface area contributed by atoms with Crippen molar-refractivity contribution in [2.24, 2.45) is 0 Å². The van der Waals surface area contributed by atoms with Crippen LogP contribution >= 0.6 is 27.3 Å². The van der Waals surface area contributed by atoms with E-state index in [4.69, 9.17) is 4.98 Å². The number of thiazole rings is 1. The van der Waals surface area contributed by atoms with E-state index >= 15 is 0 Å². The number of nitrogens with zero attached hydrogens (tertiary/aromatic N) is 3. The molecule has 0 amide bonds. The Bertz CT molecular complexity index is 1230. The molecule has 0 saturated heterocycles. The van der Waals surface area contributed by atoms with Crippen LogP contribution in [-0.4, -0.2) is 9.55 Å². The van der Waals surface area contributed by atoms with E-state index in [2.05, 4.69) is 58.6 Å². The zero-order valence-corrected chi connectivity index (χ0v) is 18.5. The number of allylic oxidation sites excluding steroid dienone is 1. The van der Waals surface area contributed by atoms with Gasteiger partial charge in [-0.1, -0.05) is 46.3 Å². The molecule has 0 N–H and O–H groups in total. The lowest BCUT2D eigenvalue weighted by atomic mass is 10.1. The first kappa shape index (κ1) is 19.4. The first-order valence-corrected chi connectivity index (χ1v) is 10.8. The summed E-state index contributed by atoms with van der Waals surface area (Å²) in [5.74, 6) is 0. The number of hydrogen-bond donors (Lipinski definition) is 0. The second-order valence-corrected chi connectivity index (χ2v) is 8.49. The Morgan fingerprint density at radius 3 is 2.52 bits per heavy atom. The van der Waals surface area contributed by atoms with Crippen LogP contribution in [0, 0.1) is 25.2 Å². The molecule has 3 nitrogen and oxygen atoms in total. The second-order valence-electron chi connectivity index (χ2n) is 6.71. The number of hydrogen-bond acceptors (Lipinski definition) is 3. The molecule has 0 spiro atoms. The summed E-state index contributed by atoms with van der Waals surface area (Å²) in [6.07, 6.45) is 1.94. The van der Waals surface area contributed by atoms with E-state index in [1.54, 1.807) is 0 Å². The maximum atomic E-state index is 9.77. The van der Waals surface area contributed by atoms with E-state index in [-0.39, 0.29) is 0 Å². The van der Waals surface area contributed by atoms with E-state index < -0.39 is 0 Å². The summed E-state index contributed by atoms with van der Waals surface area (Å²) in [4.78, 5) is 4.69. The molecule has 4 rings (SSSR count). The van der Waals surface area contributed by atoms with Gasteiger partial charge in [0.25, 0.3) is 0 Å². The van der Waals surface area contributed by atoms with Crippen molar-refractivity contribution in [2.45, 2.75) is 13.8 Å². The predicted molar refractivity (Wildman–Crippen MR) is 124 cm³/mol. The summed E-state index contributed by atoms with van der Waals surface area (Å²) >= 11 is 4.98. The highest BCUT2D eigenvalue weighted by atomic mass is 79.9. The molecule has 0 unspecified atom stereocenters. The molecule has 2 heterocycles. The van der Waals surface area contributed by atoms with Gasteiger partial charge in [-0.25, -0.2) is 4.98 Å². The molecule has 0 aliphatic rings. The molecule has 0 bridgehead atoms. The number of aryl methyl sites for hydroxylation is 1. The summed E-state index contributed by atoms with van der Waals surface area (Å²) < 4.78 is 3.25. The van der Waals surface area contributed by atoms with Gasteiger partial charge in [0.1, 0.15) is 11.1 Å². The van der Waals surface area contributed by atoms with Crippen LogP contribution in [0.2, 0.25) is 0 Å². The summed E-state index contributed by atoms with van der Waals surface area (Å²) in [6, 6.07) is 22.7. The van der Waals surface area contributed by atoms with E-state index in [1.165, 1.54) is 11.3 Å². The summed E-state index contributed by atoms with van der Waals surface area (Å²) in [5, 5.41) is 12.5. The van der Waals surface area contributed by atoms with E-state index in [0.29, 0.717) is 5.57 Å². The van der Waals surface area contributed by atoms with Gasteiger partial charge in [-0.3, -0.25) is 0 Å². The minimum atomic E-state index is 0.577. The molecule has 0 radical (unpaired) electrons. The zero-order chi connectivity index (χ0) is 20.4. The molecule has 2 aromatic carbocycles. The molecule has 0 aliphatic heterocycles. The van der Waals surface area contributed by atoms with E-state index in [9.17, 15) is 5.26 Å². The first-order chi connectivity index (χ1) is 14.1. The maximum absolute atomic E-state index is 9.77. The van der Waals surface area contributed by atoms with Gasteiger partial charge in [-0.15, -0.1) is 11.3 Å². The molecule has 2 aromatic heterocycles. The molecule has 29 heavy (non-hydrogen) atoms. The number of aromatic nitrogens is 2. The smallest absolute Gasteiger partial charge is 0.134 e. The third kappa shape index (κ3) is 3.95. The Morgan fingerprint density at radius 2 is 1.83 bits per heavy atom. The molecule has 5 heteroatoms. The lowest BCUT2D eigenvalue weighted by Crippen LogP contribution is -1.98. The third-order valence-electron chi connectivity index (χ3n) is 4.78. The van der Waals surface area contributed by atoms with Gasteiger partial charge in [0.15, 0.2) is 0 Å². The zero-order valence-electron chi connectivity index (χ0n) is 16.1. The Labute approximate surface area is 182 Å². The van der Waals surface area contributed by atoms with Crippen LogP contribution < -0.4 is 0 Å². The van der Waals surface area contributed by atoms with Gasteiger partial charge < -0.3 is 4.57 Å². The van der Waals surface area contributed by atoms with Gasteiger partial charge in [0.2, 0.25) is 0 Å². The van der Waals surface area contributed by atoms with Crippen LogP contribution in [-0.2, 0) is 0 Å². The van der Waals surface area contributed by atoms with Crippen LogP contribution in [0.5, 0.6) is 0 Å². The number of halogens is 1. The summed E-state index contributed by atoms with van der Waals surface area (Å²) in [7, 11) is 0. The number of rotatable bonds is 4. The van der Waals surface area contributed by atoms with Crippen molar-refractivity contribution >= 4 is 38.9 Å². The average molecular weight is 460 g/mol. The lowest BCUT2D eigenvalue weighted by Gasteiger charge is -2.09. The Balaban J connectivity index is 1.72. The molecule has 0 saturated carbocycles. The summed E-state index contributed by atoms with van der Waals surface area (Å²) in [5.41, 5.74) is 6.87. The van der Waals surface area contributed by atoms with Gasteiger partial charge >= 0.3 is 0 Å².